The lowest BCUT2D eigenvalue weighted by atomic mass is 10.2. The van der Waals surface area contributed by atoms with Gasteiger partial charge in [-0.3, -0.25) is 9.89 Å². The number of ether oxygens (including phenoxy) is 1. The van der Waals surface area contributed by atoms with Gasteiger partial charge in [-0.1, -0.05) is 23.2 Å². The number of methoxy groups -OCH3 is 1. The second-order valence-electron chi connectivity index (χ2n) is 5.61. The van der Waals surface area contributed by atoms with Gasteiger partial charge in [-0.2, -0.15) is 5.10 Å². The van der Waals surface area contributed by atoms with E-state index in [0.717, 1.165) is 42.9 Å². The van der Waals surface area contributed by atoms with Crippen LogP contribution in [0.1, 0.15) is 25.5 Å². The molecule has 1 aliphatic heterocycles. The Labute approximate surface area is 157 Å². The van der Waals surface area contributed by atoms with Crippen LogP contribution in [-0.2, 0) is 4.79 Å². The predicted octanol–water partition coefficient (Wildman–Crippen LogP) is 4.44. The number of H-pyrrole nitrogens is 1. The Morgan fingerprint density at radius 3 is 2.52 bits per heavy atom. The number of likely N-dealkylation sites (tertiary alicyclic amines) is 1. The summed E-state index contributed by atoms with van der Waals surface area (Å²) >= 11 is 11.3. The first-order valence-electron chi connectivity index (χ1n) is 7.97. The number of aromatic amines is 1. The maximum atomic E-state index is 11.8. The van der Waals surface area contributed by atoms with Crippen LogP contribution in [0.4, 0.5) is 0 Å². The molecule has 0 unspecified atom stereocenters. The maximum absolute atomic E-state index is 11.8. The zero-order valence-corrected chi connectivity index (χ0v) is 15.8. The second kappa shape index (κ2) is 9.49. The number of aromatic nitrogens is 2. The first kappa shape index (κ1) is 19.3. The van der Waals surface area contributed by atoms with E-state index in [9.17, 15) is 4.79 Å². The summed E-state index contributed by atoms with van der Waals surface area (Å²) in [6.07, 6.45) is 5.62. The lowest BCUT2D eigenvalue weighted by molar-refractivity contribution is -0.124. The van der Waals surface area contributed by atoms with Gasteiger partial charge in [0.15, 0.2) is 0 Å². The summed E-state index contributed by atoms with van der Waals surface area (Å²) in [6, 6.07) is 6.99. The summed E-state index contributed by atoms with van der Waals surface area (Å²) in [5, 5.41) is 7.76. The first-order valence-corrected chi connectivity index (χ1v) is 8.73. The molecule has 0 atom stereocenters. The average Bonchev–Trinajstić information content (AvgIpc) is 3.31. The highest BCUT2D eigenvalue weighted by Gasteiger charge is 2.16. The molecule has 1 amide bonds. The molecule has 3 rings (SSSR count). The summed E-state index contributed by atoms with van der Waals surface area (Å²) in [7, 11) is 1.58. The quantitative estimate of drug-likeness (QED) is 0.799. The van der Waals surface area contributed by atoms with Gasteiger partial charge in [0, 0.05) is 31.4 Å². The van der Waals surface area contributed by atoms with Gasteiger partial charge >= 0.3 is 0 Å². The summed E-state index contributed by atoms with van der Waals surface area (Å²) < 4.78 is 4.91. The molecule has 2 aromatic rings. The normalized spacial score (nSPS) is 14.1. The number of carbonyl (C=O) groups is 1. The Hall–Kier alpha value is -1.98. The van der Waals surface area contributed by atoms with Crippen molar-refractivity contribution in [3.8, 4) is 5.75 Å². The molecular weight excluding hydrogens is 361 g/mol. The summed E-state index contributed by atoms with van der Waals surface area (Å²) in [5.74, 6) is 0.828. The van der Waals surface area contributed by atoms with Crippen LogP contribution in [0, 0.1) is 0 Å². The smallest absolute Gasteiger partial charge is 0.246 e. The number of allylic oxidation sites excluding steroid dienone is 1. The molecule has 0 radical (unpaired) electrons. The van der Waals surface area contributed by atoms with Crippen molar-refractivity contribution in [2.45, 2.75) is 19.8 Å². The fourth-order valence-electron chi connectivity index (χ4n) is 2.37. The van der Waals surface area contributed by atoms with Crippen molar-refractivity contribution in [1.29, 1.82) is 0 Å². The first-order chi connectivity index (χ1) is 12.0. The van der Waals surface area contributed by atoms with Crippen molar-refractivity contribution in [2.75, 3.05) is 20.2 Å². The van der Waals surface area contributed by atoms with Gasteiger partial charge in [0.1, 0.15) is 5.75 Å². The fourth-order valence-corrected chi connectivity index (χ4v) is 2.66. The molecular formula is C18H21Cl2N3O2. The van der Waals surface area contributed by atoms with E-state index in [-0.39, 0.29) is 5.91 Å². The third kappa shape index (κ3) is 5.80. The molecule has 0 bridgehead atoms. The van der Waals surface area contributed by atoms with E-state index in [1.807, 2.05) is 17.9 Å². The average molecular weight is 382 g/mol. The molecule has 1 aromatic carbocycles. The highest BCUT2D eigenvalue weighted by molar-refractivity contribution is 6.42. The van der Waals surface area contributed by atoms with Crippen LogP contribution in [0.15, 0.2) is 36.5 Å². The minimum atomic E-state index is 0.111. The lowest BCUT2D eigenvalue weighted by Crippen LogP contribution is -2.25. The highest BCUT2D eigenvalue weighted by Crippen LogP contribution is 2.25. The van der Waals surface area contributed by atoms with Crippen molar-refractivity contribution in [3.05, 3.63) is 52.3 Å². The van der Waals surface area contributed by atoms with E-state index in [4.69, 9.17) is 27.9 Å². The molecule has 134 valence electrons. The number of halogens is 2. The van der Waals surface area contributed by atoms with Crippen LogP contribution in [0.2, 0.25) is 10.0 Å². The van der Waals surface area contributed by atoms with Gasteiger partial charge in [-0.05, 0) is 43.5 Å². The summed E-state index contributed by atoms with van der Waals surface area (Å²) in [5.41, 5.74) is 1.84. The third-order valence-corrected chi connectivity index (χ3v) is 4.55. The van der Waals surface area contributed by atoms with E-state index in [1.54, 1.807) is 37.6 Å². The molecule has 0 spiro atoms. The van der Waals surface area contributed by atoms with Crippen LogP contribution >= 0.6 is 23.2 Å². The van der Waals surface area contributed by atoms with Crippen LogP contribution < -0.4 is 4.74 Å². The van der Waals surface area contributed by atoms with E-state index < -0.39 is 0 Å². The van der Waals surface area contributed by atoms with Crippen LogP contribution in [0.5, 0.6) is 5.75 Å². The lowest BCUT2D eigenvalue weighted by Gasteiger charge is -2.12. The third-order valence-electron chi connectivity index (χ3n) is 3.81. The molecule has 5 nitrogen and oxygen atoms in total. The topological polar surface area (TPSA) is 58.2 Å². The predicted molar refractivity (Wildman–Crippen MR) is 101 cm³/mol. The number of nitrogens with one attached hydrogen (secondary N) is 1. The van der Waals surface area contributed by atoms with Gasteiger partial charge in [0.2, 0.25) is 5.91 Å². The number of benzene rings is 1. The van der Waals surface area contributed by atoms with Gasteiger partial charge < -0.3 is 9.64 Å². The molecule has 0 aliphatic carbocycles. The Morgan fingerprint density at radius 1 is 1.24 bits per heavy atom. The molecule has 0 saturated carbocycles. The zero-order valence-electron chi connectivity index (χ0n) is 14.3. The van der Waals surface area contributed by atoms with E-state index >= 15 is 0 Å². The molecule has 25 heavy (non-hydrogen) atoms. The molecule has 2 heterocycles. The number of amides is 1. The Balaban J connectivity index is 0.000000196. The number of carbonyl (C=O) groups excluding carboxylic acids is 1. The Bertz CT molecular complexity index is 724. The van der Waals surface area contributed by atoms with Gasteiger partial charge in [0.05, 0.1) is 22.8 Å². The SMILES string of the molecule is C/C(=C\C(=O)N1CCCC1)c1ccn[nH]1.COc1ccc(Cl)c(Cl)c1. The molecule has 1 fully saturated rings. The molecule has 7 heteroatoms. The highest BCUT2D eigenvalue weighted by atomic mass is 35.5. The van der Waals surface area contributed by atoms with E-state index in [2.05, 4.69) is 10.2 Å². The number of hydrogen-bond acceptors (Lipinski definition) is 3. The largest absolute Gasteiger partial charge is 0.497 e. The van der Waals surface area contributed by atoms with Gasteiger partial charge in [0.25, 0.3) is 0 Å². The molecule has 1 saturated heterocycles. The van der Waals surface area contributed by atoms with Crippen molar-refractivity contribution in [2.24, 2.45) is 0 Å². The number of hydrogen-bond donors (Lipinski definition) is 1. The number of rotatable bonds is 3. The van der Waals surface area contributed by atoms with Crippen LogP contribution in [0.25, 0.3) is 5.57 Å². The second-order valence-corrected chi connectivity index (χ2v) is 6.42. The Morgan fingerprint density at radius 2 is 1.96 bits per heavy atom. The van der Waals surface area contributed by atoms with Crippen LogP contribution in [-0.4, -0.2) is 41.2 Å². The Kier molecular flexibility index (Phi) is 7.34. The van der Waals surface area contributed by atoms with Crippen molar-refractivity contribution in [1.82, 2.24) is 15.1 Å². The van der Waals surface area contributed by atoms with Crippen molar-refractivity contribution < 1.29 is 9.53 Å². The van der Waals surface area contributed by atoms with E-state index in [1.165, 1.54) is 0 Å². The van der Waals surface area contributed by atoms with Crippen molar-refractivity contribution in [3.63, 3.8) is 0 Å². The standard InChI is InChI=1S/C11H15N3O.C7H6Cl2O/c1-9(10-4-5-12-13-10)8-11(15)14-6-2-3-7-14;1-10-5-2-3-6(8)7(9)4-5/h4-5,8H,2-3,6-7H2,1H3,(H,12,13);2-4H,1H3/b9-8+;. The van der Waals surface area contributed by atoms with Gasteiger partial charge in [-0.25, -0.2) is 0 Å². The van der Waals surface area contributed by atoms with E-state index in [0.29, 0.717) is 10.0 Å². The van der Waals surface area contributed by atoms with Crippen LogP contribution in [0.3, 0.4) is 0 Å². The van der Waals surface area contributed by atoms with Crippen molar-refractivity contribution >= 4 is 34.7 Å². The minimum Gasteiger partial charge on any atom is -0.497 e. The maximum Gasteiger partial charge on any atom is 0.246 e. The van der Waals surface area contributed by atoms with Gasteiger partial charge in [-0.15, -0.1) is 0 Å². The molecule has 1 aromatic heterocycles. The molecule has 1 aliphatic rings. The fraction of sp³-hybridized carbons (Fsp3) is 0.333. The molecule has 1 N–H and O–H groups in total. The zero-order chi connectivity index (χ0) is 18.2. The minimum absolute atomic E-state index is 0.111. The monoisotopic (exact) mass is 381 g/mol. The number of nitrogens with zero attached hydrogens (tertiary/aromatic N) is 2. The summed E-state index contributed by atoms with van der Waals surface area (Å²) in [4.78, 5) is 13.7. The summed E-state index contributed by atoms with van der Waals surface area (Å²) in [6.45, 7) is 3.71.